The highest BCUT2D eigenvalue weighted by Gasteiger charge is 2.15. The fourth-order valence-corrected chi connectivity index (χ4v) is 3.58. The monoisotopic (exact) mass is 400 g/mol. The number of para-hydroxylation sites is 1. The van der Waals surface area contributed by atoms with Gasteiger partial charge in [-0.3, -0.25) is 4.79 Å². The molecule has 2 aromatic carbocycles. The fraction of sp³-hybridized carbons (Fsp3) is 0.250. The summed E-state index contributed by atoms with van der Waals surface area (Å²) in [4.78, 5) is 22.0. The van der Waals surface area contributed by atoms with Crippen LogP contribution in [0.5, 0.6) is 0 Å². The van der Waals surface area contributed by atoms with Crippen LogP contribution in [0.1, 0.15) is 39.6 Å². The Balaban J connectivity index is 1.58. The Kier molecular flexibility index (Phi) is 5.57. The van der Waals surface area contributed by atoms with E-state index in [1.54, 1.807) is 6.92 Å². The van der Waals surface area contributed by atoms with Crippen molar-refractivity contribution in [3.63, 3.8) is 0 Å². The normalized spacial score (nSPS) is 11.0. The van der Waals surface area contributed by atoms with Crippen LogP contribution in [0.15, 0.2) is 53.1 Å². The lowest BCUT2D eigenvalue weighted by Crippen LogP contribution is -2.25. The molecule has 6 nitrogen and oxygen atoms in total. The van der Waals surface area contributed by atoms with Crippen molar-refractivity contribution in [1.29, 1.82) is 0 Å². The first-order chi connectivity index (χ1) is 14.5. The van der Waals surface area contributed by atoms with E-state index in [4.69, 9.17) is 9.51 Å². The Morgan fingerprint density at radius 3 is 2.63 bits per heavy atom. The Bertz CT molecular complexity index is 1210. The maximum atomic E-state index is 13.0. The van der Waals surface area contributed by atoms with Crippen LogP contribution >= 0.6 is 0 Å². The van der Waals surface area contributed by atoms with Crippen molar-refractivity contribution in [2.75, 3.05) is 6.54 Å². The lowest BCUT2D eigenvalue weighted by Gasteiger charge is -2.12. The molecule has 0 spiro atoms. The molecule has 0 aliphatic heterocycles. The first kappa shape index (κ1) is 19.8. The zero-order chi connectivity index (χ0) is 21.1. The van der Waals surface area contributed by atoms with E-state index in [9.17, 15) is 4.79 Å². The summed E-state index contributed by atoms with van der Waals surface area (Å²) >= 11 is 0. The second kappa shape index (κ2) is 8.45. The molecule has 2 aromatic heterocycles. The average molecular weight is 400 g/mol. The van der Waals surface area contributed by atoms with Gasteiger partial charge in [0, 0.05) is 23.9 Å². The van der Waals surface area contributed by atoms with Crippen LogP contribution in [0.25, 0.3) is 22.2 Å². The lowest BCUT2D eigenvalue weighted by atomic mass is 9.99. The van der Waals surface area contributed by atoms with Gasteiger partial charge in [0.1, 0.15) is 0 Å². The van der Waals surface area contributed by atoms with Gasteiger partial charge in [-0.15, -0.1) is 0 Å². The molecule has 0 aliphatic carbocycles. The third kappa shape index (κ3) is 4.22. The second-order valence-electron chi connectivity index (χ2n) is 7.49. The molecule has 4 rings (SSSR count). The fourth-order valence-electron chi connectivity index (χ4n) is 3.58. The summed E-state index contributed by atoms with van der Waals surface area (Å²) in [5, 5.41) is 7.64. The van der Waals surface area contributed by atoms with Crippen LogP contribution in [-0.4, -0.2) is 27.6 Å². The molecule has 1 N–H and O–H groups in total. The molecule has 30 heavy (non-hydrogen) atoms. The third-order valence-corrected chi connectivity index (χ3v) is 5.04. The van der Waals surface area contributed by atoms with E-state index in [1.165, 1.54) is 5.56 Å². The molecule has 0 bridgehead atoms. The molecule has 0 saturated heterocycles. The molecular weight excluding hydrogens is 376 g/mol. The van der Waals surface area contributed by atoms with E-state index in [-0.39, 0.29) is 5.91 Å². The smallest absolute Gasteiger partial charge is 0.252 e. The van der Waals surface area contributed by atoms with Crippen molar-refractivity contribution in [3.8, 4) is 11.3 Å². The highest BCUT2D eigenvalue weighted by Crippen LogP contribution is 2.27. The zero-order valence-electron chi connectivity index (χ0n) is 17.4. The van der Waals surface area contributed by atoms with Crippen molar-refractivity contribution in [2.24, 2.45) is 0 Å². The largest absolute Gasteiger partial charge is 0.352 e. The van der Waals surface area contributed by atoms with Crippen LogP contribution in [0.3, 0.4) is 0 Å². The molecule has 0 radical (unpaired) electrons. The number of benzene rings is 2. The molecule has 0 aliphatic rings. The van der Waals surface area contributed by atoms with Gasteiger partial charge in [0.25, 0.3) is 5.91 Å². The topological polar surface area (TPSA) is 80.9 Å². The van der Waals surface area contributed by atoms with Gasteiger partial charge in [-0.25, -0.2) is 4.98 Å². The molecule has 0 saturated carbocycles. The van der Waals surface area contributed by atoms with Crippen LogP contribution in [-0.2, 0) is 6.42 Å². The number of aromatic nitrogens is 3. The lowest BCUT2D eigenvalue weighted by molar-refractivity contribution is 0.0954. The minimum absolute atomic E-state index is 0.110. The summed E-state index contributed by atoms with van der Waals surface area (Å²) in [7, 11) is 0. The minimum atomic E-state index is -0.110. The predicted octanol–water partition coefficient (Wildman–Crippen LogP) is 4.57. The van der Waals surface area contributed by atoms with Crippen LogP contribution < -0.4 is 5.32 Å². The van der Waals surface area contributed by atoms with E-state index >= 15 is 0 Å². The highest BCUT2D eigenvalue weighted by atomic mass is 16.5. The number of nitrogens with one attached hydrogen (secondary N) is 1. The van der Waals surface area contributed by atoms with E-state index in [0.29, 0.717) is 30.2 Å². The van der Waals surface area contributed by atoms with Gasteiger partial charge >= 0.3 is 0 Å². The summed E-state index contributed by atoms with van der Waals surface area (Å²) in [5.74, 6) is 1.10. The maximum Gasteiger partial charge on any atom is 0.252 e. The van der Waals surface area contributed by atoms with Crippen LogP contribution in [0, 0.1) is 20.8 Å². The summed E-state index contributed by atoms with van der Waals surface area (Å²) in [6.45, 7) is 6.45. The van der Waals surface area contributed by atoms with Gasteiger partial charge in [-0.05, 0) is 44.9 Å². The van der Waals surface area contributed by atoms with E-state index in [0.717, 1.165) is 34.1 Å². The van der Waals surface area contributed by atoms with Crippen molar-refractivity contribution in [1.82, 2.24) is 20.4 Å². The molecule has 4 aromatic rings. The first-order valence-corrected chi connectivity index (χ1v) is 10.1. The number of hydrogen-bond acceptors (Lipinski definition) is 5. The SMILES string of the molecule is Cc1ccc(-c2cc(C(=O)NCCCc3nc(C)no3)c3ccccc3n2)c(C)c1. The van der Waals surface area contributed by atoms with Gasteiger partial charge in [-0.1, -0.05) is 47.1 Å². The number of fused-ring (bicyclic) bond motifs is 1. The summed E-state index contributed by atoms with van der Waals surface area (Å²) in [6.07, 6.45) is 1.35. The summed E-state index contributed by atoms with van der Waals surface area (Å²) in [5.41, 5.74) is 5.61. The second-order valence-corrected chi connectivity index (χ2v) is 7.49. The Hall–Kier alpha value is -3.54. The third-order valence-electron chi connectivity index (χ3n) is 5.04. The van der Waals surface area contributed by atoms with Crippen molar-refractivity contribution in [2.45, 2.75) is 33.6 Å². The Morgan fingerprint density at radius 2 is 1.87 bits per heavy atom. The molecule has 2 heterocycles. The number of pyridine rings is 1. The van der Waals surface area contributed by atoms with Crippen molar-refractivity contribution >= 4 is 16.8 Å². The van der Waals surface area contributed by atoms with Crippen molar-refractivity contribution in [3.05, 3.63) is 76.9 Å². The molecule has 1 amide bonds. The predicted molar refractivity (Wildman–Crippen MR) is 116 cm³/mol. The van der Waals surface area contributed by atoms with Gasteiger partial charge in [0.15, 0.2) is 5.82 Å². The molecule has 0 atom stereocenters. The first-order valence-electron chi connectivity index (χ1n) is 10.1. The number of carbonyl (C=O) groups is 1. The van der Waals surface area contributed by atoms with E-state index < -0.39 is 0 Å². The maximum absolute atomic E-state index is 13.0. The van der Waals surface area contributed by atoms with E-state index in [1.807, 2.05) is 30.3 Å². The molecular formula is C24H24N4O2. The quantitative estimate of drug-likeness (QED) is 0.480. The summed E-state index contributed by atoms with van der Waals surface area (Å²) in [6, 6.07) is 15.9. The number of carbonyl (C=O) groups excluding carboxylic acids is 1. The van der Waals surface area contributed by atoms with Crippen molar-refractivity contribution < 1.29 is 9.32 Å². The average Bonchev–Trinajstić information content (AvgIpc) is 3.15. The van der Waals surface area contributed by atoms with Gasteiger partial charge < -0.3 is 9.84 Å². The Labute approximate surface area is 175 Å². The van der Waals surface area contributed by atoms with Crippen LogP contribution in [0.2, 0.25) is 0 Å². The van der Waals surface area contributed by atoms with Crippen LogP contribution in [0.4, 0.5) is 0 Å². The highest BCUT2D eigenvalue weighted by molar-refractivity contribution is 6.07. The molecule has 0 fully saturated rings. The number of hydrogen-bond donors (Lipinski definition) is 1. The van der Waals surface area contributed by atoms with Gasteiger partial charge in [0.2, 0.25) is 5.89 Å². The van der Waals surface area contributed by atoms with Gasteiger partial charge in [0.05, 0.1) is 16.8 Å². The minimum Gasteiger partial charge on any atom is -0.352 e. The Morgan fingerprint density at radius 1 is 1.03 bits per heavy atom. The molecule has 0 unspecified atom stereocenters. The number of aryl methyl sites for hydroxylation is 4. The number of amides is 1. The molecule has 152 valence electrons. The summed E-state index contributed by atoms with van der Waals surface area (Å²) < 4.78 is 5.12. The van der Waals surface area contributed by atoms with Gasteiger partial charge in [-0.2, -0.15) is 4.98 Å². The standard InChI is InChI=1S/C24H24N4O2/c1-15-10-11-18(16(2)13-15)22-14-20(19-7-4-5-8-21(19)27-22)24(29)25-12-6-9-23-26-17(3)28-30-23/h4-5,7-8,10-11,13-14H,6,9,12H2,1-3H3,(H,25,29). The molecule has 6 heteroatoms. The zero-order valence-corrected chi connectivity index (χ0v) is 17.4. The number of rotatable bonds is 6. The van der Waals surface area contributed by atoms with E-state index in [2.05, 4.69) is 47.5 Å². The number of nitrogens with zero attached hydrogens (tertiary/aromatic N) is 3.